The molecule has 0 saturated carbocycles. The van der Waals surface area contributed by atoms with Gasteiger partial charge >= 0.3 is 0 Å². The van der Waals surface area contributed by atoms with Crippen molar-refractivity contribution in [1.29, 1.82) is 0 Å². The van der Waals surface area contributed by atoms with E-state index in [1.54, 1.807) is 0 Å². The van der Waals surface area contributed by atoms with Crippen LogP contribution >= 0.6 is 0 Å². The molecule has 0 bridgehead atoms. The third kappa shape index (κ3) is 3.09. The zero-order chi connectivity index (χ0) is 20.7. The number of hydrogen-bond acceptors (Lipinski definition) is 4. The number of imide groups is 1. The lowest BCUT2D eigenvalue weighted by Crippen LogP contribution is -2.38. The first-order chi connectivity index (χ1) is 14.6. The molecule has 2 atom stereocenters. The van der Waals surface area contributed by atoms with E-state index in [1.165, 1.54) is 5.56 Å². The Bertz CT molecular complexity index is 1040. The van der Waals surface area contributed by atoms with Crippen molar-refractivity contribution in [3.8, 4) is 0 Å². The summed E-state index contributed by atoms with van der Waals surface area (Å²) < 4.78 is 0. The summed E-state index contributed by atoms with van der Waals surface area (Å²) in [5.74, 6) is -1.45. The van der Waals surface area contributed by atoms with E-state index in [0.29, 0.717) is 18.5 Å². The van der Waals surface area contributed by atoms with E-state index in [0.717, 1.165) is 29.2 Å². The number of fused-ring (bicyclic) bond motifs is 2. The van der Waals surface area contributed by atoms with Crippen LogP contribution in [0.2, 0.25) is 0 Å². The number of benzene rings is 2. The van der Waals surface area contributed by atoms with Crippen LogP contribution in [-0.4, -0.2) is 35.7 Å². The fourth-order valence-corrected chi connectivity index (χ4v) is 4.76. The summed E-state index contributed by atoms with van der Waals surface area (Å²) in [5, 5.41) is 2.93. The van der Waals surface area contributed by atoms with E-state index in [-0.39, 0.29) is 36.1 Å². The molecular weight excluding hydrogens is 378 g/mol. The van der Waals surface area contributed by atoms with Crippen LogP contribution in [0.1, 0.15) is 18.4 Å². The van der Waals surface area contributed by atoms with Crippen molar-refractivity contribution in [2.75, 3.05) is 23.3 Å². The first-order valence-electron chi connectivity index (χ1n) is 10.4. The van der Waals surface area contributed by atoms with E-state index in [9.17, 15) is 14.4 Å². The number of rotatable bonds is 4. The van der Waals surface area contributed by atoms with Gasteiger partial charge in [0.15, 0.2) is 0 Å². The van der Waals surface area contributed by atoms with Crippen LogP contribution in [0.3, 0.4) is 0 Å². The van der Waals surface area contributed by atoms with Crippen LogP contribution in [0, 0.1) is 11.8 Å². The van der Waals surface area contributed by atoms with Crippen LogP contribution in [0.15, 0.2) is 60.7 Å². The number of allylic oxidation sites excluding steroid dienone is 2. The molecule has 1 N–H and O–H groups in total. The summed E-state index contributed by atoms with van der Waals surface area (Å²) in [7, 11) is 0. The Hall–Kier alpha value is -3.41. The number of nitrogens with one attached hydrogen (secondary N) is 1. The molecule has 2 aromatic rings. The van der Waals surface area contributed by atoms with Crippen molar-refractivity contribution in [3.05, 3.63) is 66.2 Å². The van der Waals surface area contributed by atoms with Gasteiger partial charge in [0, 0.05) is 12.2 Å². The predicted octanol–water partition coefficient (Wildman–Crippen LogP) is 3.27. The molecule has 30 heavy (non-hydrogen) atoms. The highest BCUT2D eigenvalue weighted by atomic mass is 16.2. The number of amides is 3. The van der Waals surface area contributed by atoms with Gasteiger partial charge in [-0.3, -0.25) is 19.3 Å². The highest BCUT2D eigenvalue weighted by Crippen LogP contribution is 2.38. The summed E-state index contributed by atoms with van der Waals surface area (Å²) in [6.07, 6.45) is 5.99. The van der Waals surface area contributed by atoms with Gasteiger partial charge in [0.1, 0.15) is 6.54 Å². The van der Waals surface area contributed by atoms with Crippen molar-refractivity contribution >= 4 is 34.8 Å². The van der Waals surface area contributed by atoms with Gasteiger partial charge in [0.05, 0.1) is 23.2 Å². The molecule has 3 aliphatic rings. The summed E-state index contributed by atoms with van der Waals surface area (Å²) in [5.41, 5.74) is 4.01. The summed E-state index contributed by atoms with van der Waals surface area (Å²) in [6, 6.07) is 15.9. The Morgan fingerprint density at radius 2 is 1.53 bits per heavy atom. The molecule has 2 aromatic carbocycles. The molecule has 3 amide bonds. The van der Waals surface area contributed by atoms with Gasteiger partial charge in [-0.1, -0.05) is 42.5 Å². The second-order valence-corrected chi connectivity index (χ2v) is 8.01. The maximum Gasteiger partial charge on any atom is 0.244 e. The molecular formula is C24H23N3O3. The lowest BCUT2D eigenvalue weighted by molar-refractivity contribution is -0.142. The maximum absolute atomic E-state index is 12.8. The summed E-state index contributed by atoms with van der Waals surface area (Å²) >= 11 is 0. The van der Waals surface area contributed by atoms with Gasteiger partial charge in [0.2, 0.25) is 17.7 Å². The van der Waals surface area contributed by atoms with Crippen molar-refractivity contribution < 1.29 is 14.4 Å². The molecule has 0 radical (unpaired) electrons. The van der Waals surface area contributed by atoms with Gasteiger partial charge in [-0.15, -0.1) is 0 Å². The highest BCUT2D eigenvalue weighted by molar-refractivity contribution is 6.09. The van der Waals surface area contributed by atoms with E-state index >= 15 is 0 Å². The lowest BCUT2D eigenvalue weighted by atomic mass is 9.85. The van der Waals surface area contributed by atoms with E-state index in [2.05, 4.69) is 22.3 Å². The standard InChI is InChI=1S/C24H23N3O3/c28-22(15-27-23(29)17-8-2-3-9-18(17)24(27)30)25-19-10-4-6-12-21(19)26-14-13-16-7-1-5-11-20(16)26/h1-7,10-12,17-18H,8-9,13-15H2,(H,25,28). The minimum absolute atomic E-state index is 0.230. The quantitative estimate of drug-likeness (QED) is 0.631. The Labute approximate surface area is 175 Å². The molecule has 2 unspecified atom stereocenters. The zero-order valence-corrected chi connectivity index (χ0v) is 16.6. The molecule has 2 aliphatic heterocycles. The average molecular weight is 401 g/mol. The number of para-hydroxylation sites is 3. The Kier molecular flexibility index (Phi) is 4.62. The number of hydrogen-bond donors (Lipinski definition) is 1. The SMILES string of the molecule is O=C(CN1C(=O)C2CC=CCC2C1=O)Nc1ccccc1N1CCc2ccccc21. The van der Waals surface area contributed by atoms with Crippen LogP contribution < -0.4 is 10.2 Å². The molecule has 0 spiro atoms. The topological polar surface area (TPSA) is 69.7 Å². The molecule has 5 rings (SSSR count). The van der Waals surface area contributed by atoms with Crippen molar-refractivity contribution in [2.45, 2.75) is 19.3 Å². The largest absolute Gasteiger partial charge is 0.339 e. The van der Waals surface area contributed by atoms with Crippen LogP contribution in [-0.2, 0) is 20.8 Å². The van der Waals surface area contributed by atoms with Gasteiger partial charge in [0.25, 0.3) is 0 Å². The van der Waals surface area contributed by atoms with Gasteiger partial charge < -0.3 is 10.2 Å². The smallest absolute Gasteiger partial charge is 0.244 e. The summed E-state index contributed by atoms with van der Waals surface area (Å²) in [4.78, 5) is 41.4. The van der Waals surface area contributed by atoms with Crippen LogP contribution in [0.4, 0.5) is 17.1 Å². The third-order valence-electron chi connectivity index (χ3n) is 6.26. The minimum Gasteiger partial charge on any atom is -0.339 e. The number of nitrogens with zero attached hydrogens (tertiary/aromatic N) is 2. The van der Waals surface area contributed by atoms with Gasteiger partial charge in [-0.05, 0) is 43.0 Å². The van der Waals surface area contributed by atoms with Crippen molar-refractivity contribution in [3.63, 3.8) is 0 Å². The number of anilines is 3. The third-order valence-corrected chi connectivity index (χ3v) is 6.26. The normalized spacial score (nSPS) is 22.3. The number of carbonyl (C=O) groups excluding carboxylic acids is 3. The summed E-state index contributed by atoms with van der Waals surface area (Å²) in [6.45, 7) is 0.598. The molecule has 6 nitrogen and oxygen atoms in total. The van der Waals surface area contributed by atoms with E-state index in [1.807, 2.05) is 48.6 Å². The minimum atomic E-state index is -0.358. The Balaban J connectivity index is 1.33. The van der Waals surface area contributed by atoms with Crippen LogP contribution in [0.25, 0.3) is 0 Å². The molecule has 6 heteroatoms. The van der Waals surface area contributed by atoms with E-state index in [4.69, 9.17) is 0 Å². The maximum atomic E-state index is 12.8. The van der Waals surface area contributed by atoms with Crippen molar-refractivity contribution in [2.24, 2.45) is 11.8 Å². The van der Waals surface area contributed by atoms with Crippen molar-refractivity contribution in [1.82, 2.24) is 4.90 Å². The molecule has 2 heterocycles. The zero-order valence-electron chi connectivity index (χ0n) is 16.6. The monoisotopic (exact) mass is 401 g/mol. The fraction of sp³-hybridized carbons (Fsp3) is 0.292. The Morgan fingerprint density at radius 1 is 0.900 bits per heavy atom. The molecule has 0 aromatic heterocycles. The highest BCUT2D eigenvalue weighted by Gasteiger charge is 2.47. The van der Waals surface area contributed by atoms with Crippen LogP contribution in [0.5, 0.6) is 0 Å². The first-order valence-corrected chi connectivity index (χ1v) is 10.4. The predicted molar refractivity (Wildman–Crippen MR) is 114 cm³/mol. The van der Waals surface area contributed by atoms with Gasteiger partial charge in [-0.2, -0.15) is 0 Å². The van der Waals surface area contributed by atoms with Gasteiger partial charge in [-0.25, -0.2) is 0 Å². The molecule has 1 aliphatic carbocycles. The molecule has 152 valence electrons. The lowest BCUT2D eigenvalue weighted by Gasteiger charge is -2.23. The Morgan fingerprint density at radius 3 is 2.27 bits per heavy atom. The first kappa shape index (κ1) is 18.6. The molecule has 1 fully saturated rings. The average Bonchev–Trinajstić information content (AvgIpc) is 3.30. The molecule has 1 saturated heterocycles. The number of likely N-dealkylation sites (tertiary alicyclic amines) is 1. The number of carbonyl (C=O) groups is 3. The van der Waals surface area contributed by atoms with E-state index < -0.39 is 0 Å². The fourth-order valence-electron chi connectivity index (χ4n) is 4.76. The second-order valence-electron chi connectivity index (χ2n) is 8.01. The second kappa shape index (κ2) is 7.44.